The van der Waals surface area contributed by atoms with E-state index in [4.69, 9.17) is 5.84 Å². The summed E-state index contributed by atoms with van der Waals surface area (Å²) in [5.74, 6) is 5.78. The molecule has 0 aliphatic heterocycles. The standard InChI is InChI=1S/C11H10FN7/c12-6-1-3-7(4-2-6)15-9-8-5-14-19-10(8)17-11(16-9)18-13/h1-5H,13H2,(H3,14,15,16,17,18,19). The van der Waals surface area contributed by atoms with Crippen LogP contribution in [0.4, 0.5) is 21.8 Å². The van der Waals surface area contributed by atoms with Crippen LogP contribution in [0.2, 0.25) is 0 Å². The van der Waals surface area contributed by atoms with Crippen LogP contribution in [-0.4, -0.2) is 20.2 Å². The van der Waals surface area contributed by atoms with Crippen molar-refractivity contribution in [2.45, 2.75) is 0 Å². The van der Waals surface area contributed by atoms with E-state index in [2.05, 4.69) is 30.9 Å². The van der Waals surface area contributed by atoms with E-state index in [-0.39, 0.29) is 11.8 Å². The fourth-order valence-electron chi connectivity index (χ4n) is 1.66. The number of nitrogens with two attached hydrogens (primary N) is 1. The van der Waals surface area contributed by atoms with Crippen molar-refractivity contribution >= 4 is 28.5 Å². The number of H-pyrrole nitrogens is 1. The molecule has 2 heterocycles. The van der Waals surface area contributed by atoms with E-state index in [0.717, 1.165) is 0 Å². The largest absolute Gasteiger partial charge is 0.339 e. The third-order valence-electron chi connectivity index (χ3n) is 2.55. The summed E-state index contributed by atoms with van der Waals surface area (Å²) in [5, 5.41) is 10.4. The molecule has 0 saturated carbocycles. The highest BCUT2D eigenvalue weighted by Gasteiger charge is 2.09. The zero-order chi connectivity index (χ0) is 13.2. The Balaban J connectivity index is 2.03. The number of nitrogen functional groups attached to an aromatic ring is 1. The molecule has 0 radical (unpaired) electrons. The van der Waals surface area contributed by atoms with Gasteiger partial charge in [-0.1, -0.05) is 0 Å². The molecule has 5 N–H and O–H groups in total. The molecule has 0 fully saturated rings. The lowest BCUT2D eigenvalue weighted by Crippen LogP contribution is -2.11. The second-order valence-corrected chi connectivity index (χ2v) is 3.80. The van der Waals surface area contributed by atoms with Crippen molar-refractivity contribution in [3.63, 3.8) is 0 Å². The summed E-state index contributed by atoms with van der Waals surface area (Å²) in [7, 11) is 0. The van der Waals surface area contributed by atoms with Crippen LogP contribution < -0.4 is 16.6 Å². The summed E-state index contributed by atoms with van der Waals surface area (Å²) in [5.41, 5.74) is 3.62. The Morgan fingerprint density at radius 1 is 1.16 bits per heavy atom. The molecule has 2 aromatic heterocycles. The monoisotopic (exact) mass is 259 g/mol. The SMILES string of the molecule is NNc1nc(Nc2ccc(F)cc2)c2cn[nH]c2n1. The topological polar surface area (TPSA) is 105 Å². The van der Waals surface area contributed by atoms with Gasteiger partial charge in [0.15, 0.2) is 5.65 Å². The smallest absolute Gasteiger partial charge is 0.241 e. The summed E-state index contributed by atoms with van der Waals surface area (Å²) in [6, 6.07) is 5.94. The number of fused-ring (bicyclic) bond motifs is 1. The number of benzene rings is 1. The second kappa shape index (κ2) is 4.50. The molecule has 0 spiro atoms. The highest BCUT2D eigenvalue weighted by atomic mass is 19.1. The van der Waals surface area contributed by atoms with Crippen LogP contribution in [0.3, 0.4) is 0 Å². The van der Waals surface area contributed by atoms with Gasteiger partial charge in [0.25, 0.3) is 0 Å². The molecule has 1 aromatic carbocycles. The molecule has 0 aliphatic rings. The van der Waals surface area contributed by atoms with Gasteiger partial charge in [-0.15, -0.1) is 0 Å². The number of nitrogens with one attached hydrogen (secondary N) is 3. The molecule has 3 rings (SSSR count). The Bertz CT molecular complexity index is 707. The number of hydrogen-bond donors (Lipinski definition) is 4. The predicted octanol–water partition coefficient (Wildman–Crippen LogP) is 1.52. The summed E-state index contributed by atoms with van der Waals surface area (Å²) in [6.07, 6.45) is 1.60. The minimum Gasteiger partial charge on any atom is -0.339 e. The van der Waals surface area contributed by atoms with E-state index in [9.17, 15) is 4.39 Å². The zero-order valence-electron chi connectivity index (χ0n) is 9.68. The first-order valence-electron chi connectivity index (χ1n) is 5.46. The summed E-state index contributed by atoms with van der Waals surface area (Å²) in [6.45, 7) is 0. The molecule has 19 heavy (non-hydrogen) atoms. The molecule has 96 valence electrons. The van der Waals surface area contributed by atoms with Crippen LogP contribution in [0.15, 0.2) is 30.5 Å². The Morgan fingerprint density at radius 3 is 2.68 bits per heavy atom. The van der Waals surface area contributed by atoms with Gasteiger partial charge in [-0.05, 0) is 24.3 Å². The van der Waals surface area contributed by atoms with Crippen LogP contribution in [0, 0.1) is 5.82 Å². The molecule has 0 aliphatic carbocycles. The fraction of sp³-hybridized carbons (Fsp3) is 0. The van der Waals surface area contributed by atoms with Crippen molar-refractivity contribution in [1.82, 2.24) is 20.2 Å². The number of hydrazine groups is 1. The maximum absolute atomic E-state index is 12.9. The van der Waals surface area contributed by atoms with Gasteiger partial charge in [0.2, 0.25) is 5.95 Å². The first-order chi connectivity index (χ1) is 9.26. The highest BCUT2D eigenvalue weighted by molar-refractivity contribution is 5.88. The third kappa shape index (κ3) is 2.16. The molecule has 3 aromatic rings. The molecule has 7 nitrogen and oxygen atoms in total. The van der Waals surface area contributed by atoms with Crippen molar-refractivity contribution in [3.05, 3.63) is 36.3 Å². The first kappa shape index (κ1) is 11.4. The van der Waals surface area contributed by atoms with Crippen molar-refractivity contribution in [2.75, 3.05) is 10.7 Å². The van der Waals surface area contributed by atoms with Gasteiger partial charge in [-0.2, -0.15) is 15.1 Å². The maximum Gasteiger partial charge on any atom is 0.241 e. The average molecular weight is 259 g/mol. The van der Waals surface area contributed by atoms with Gasteiger partial charge in [0, 0.05) is 5.69 Å². The normalized spacial score (nSPS) is 10.6. The van der Waals surface area contributed by atoms with Crippen molar-refractivity contribution in [3.8, 4) is 0 Å². The lowest BCUT2D eigenvalue weighted by molar-refractivity contribution is 0.628. The van der Waals surface area contributed by atoms with Crippen LogP contribution in [0.1, 0.15) is 0 Å². The van der Waals surface area contributed by atoms with Crippen molar-refractivity contribution < 1.29 is 4.39 Å². The van der Waals surface area contributed by atoms with E-state index < -0.39 is 0 Å². The third-order valence-corrected chi connectivity index (χ3v) is 2.55. The molecule has 8 heteroatoms. The van der Waals surface area contributed by atoms with E-state index in [1.807, 2.05) is 0 Å². The van der Waals surface area contributed by atoms with E-state index >= 15 is 0 Å². The molecule has 0 amide bonds. The van der Waals surface area contributed by atoms with E-state index in [0.29, 0.717) is 22.5 Å². The number of aromatic amines is 1. The van der Waals surface area contributed by atoms with Crippen LogP contribution in [-0.2, 0) is 0 Å². The second-order valence-electron chi connectivity index (χ2n) is 3.80. The van der Waals surface area contributed by atoms with Crippen LogP contribution >= 0.6 is 0 Å². The van der Waals surface area contributed by atoms with Gasteiger partial charge < -0.3 is 5.32 Å². The lowest BCUT2D eigenvalue weighted by atomic mass is 10.3. The number of nitrogens with zero attached hydrogens (tertiary/aromatic N) is 3. The maximum atomic E-state index is 12.9. The van der Waals surface area contributed by atoms with Gasteiger partial charge in [-0.3, -0.25) is 10.5 Å². The minimum atomic E-state index is -0.300. The molecule has 0 saturated heterocycles. The highest BCUT2D eigenvalue weighted by Crippen LogP contribution is 2.23. The number of hydrogen-bond acceptors (Lipinski definition) is 6. The fourth-order valence-corrected chi connectivity index (χ4v) is 1.66. The Hall–Kier alpha value is -2.74. The molecule has 0 atom stereocenters. The minimum absolute atomic E-state index is 0.251. The van der Waals surface area contributed by atoms with Gasteiger partial charge >= 0.3 is 0 Å². The zero-order valence-corrected chi connectivity index (χ0v) is 9.68. The van der Waals surface area contributed by atoms with Crippen LogP contribution in [0.5, 0.6) is 0 Å². The van der Waals surface area contributed by atoms with Gasteiger partial charge in [0.05, 0.1) is 11.6 Å². The average Bonchev–Trinajstić information content (AvgIpc) is 2.89. The molecule has 0 unspecified atom stereocenters. The van der Waals surface area contributed by atoms with Gasteiger partial charge in [-0.25, -0.2) is 10.2 Å². The quantitative estimate of drug-likeness (QED) is 0.420. The first-order valence-corrected chi connectivity index (χ1v) is 5.46. The summed E-state index contributed by atoms with van der Waals surface area (Å²) >= 11 is 0. The van der Waals surface area contributed by atoms with Gasteiger partial charge in [0.1, 0.15) is 11.6 Å². The van der Waals surface area contributed by atoms with Crippen LogP contribution in [0.25, 0.3) is 11.0 Å². The number of aromatic nitrogens is 4. The van der Waals surface area contributed by atoms with Crippen molar-refractivity contribution in [2.24, 2.45) is 5.84 Å². The van der Waals surface area contributed by atoms with E-state index in [1.165, 1.54) is 12.1 Å². The molecule has 0 bridgehead atoms. The summed E-state index contributed by atoms with van der Waals surface area (Å²) < 4.78 is 12.9. The lowest BCUT2D eigenvalue weighted by Gasteiger charge is -2.07. The molecular formula is C11H10FN7. The Kier molecular flexibility index (Phi) is 2.69. The Morgan fingerprint density at radius 2 is 1.95 bits per heavy atom. The number of anilines is 3. The van der Waals surface area contributed by atoms with E-state index in [1.54, 1.807) is 18.3 Å². The summed E-state index contributed by atoms with van der Waals surface area (Å²) in [4.78, 5) is 8.30. The number of rotatable bonds is 3. The number of halogens is 1. The van der Waals surface area contributed by atoms with Crippen molar-refractivity contribution in [1.29, 1.82) is 0 Å². The predicted molar refractivity (Wildman–Crippen MR) is 69.2 cm³/mol. The molecular weight excluding hydrogens is 249 g/mol. The Labute approximate surface area is 107 Å².